The Labute approximate surface area is 182 Å². The van der Waals surface area contributed by atoms with Crippen molar-refractivity contribution in [2.24, 2.45) is 0 Å². The molecule has 0 unspecified atom stereocenters. The van der Waals surface area contributed by atoms with E-state index < -0.39 is 0 Å². The Balaban J connectivity index is 1.41. The summed E-state index contributed by atoms with van der Waals surface area (Å²) < 4.78 is 0. The molecule has 0 bridgehead atoms. The van der Waals surface area contributed by atoms with Crippen molar-refractivity contribution in [1.29, 1.82) is 5.26 Å². The lowest BCUT2D eigenvalue weighted by Crippen LogP contribution is -2.11. The molecular weight excluding hydrogens is 412 g/mol. The molecule has 1 amide bonds. The topological polar surface area (TPSA) is 78.7 Å². The molecule has 2 heterocycles. The van der Waals surface area contributed by atoms with E-state index in [1.165, 1.54) is 28.2 Å². The van der Waals surface area contributed by atoms with E-state index in [4.69, 9.17) is 5.26 Å². The molecule has 0 aliphatic rings. The fourth-order valence-electron chi connectivity index (χ4n) is 3.01. The molecule has 4 aromatic rings. The van der Waals surface area contributed by atoms with Crippen LogP contribution in [0.2, 0.25) is 0 Å². The first-order valence-electron chi connectivity index (χ1n) is 9.36. The van der Waals surface area contributed by atoms with Crippen molar-refractivity contribution in [1.82, 2.24) is 9.97 Å². The molecule has 0 saturated carbocycles. The van der Waals surface area contributed by atoms with Gasteiger partial charge in [-0.2, -0.15) is 5.26 Å². The highest BCUT2D eigenvalue weighted by atomic mass is 32.1. The van der Waals surface area contributed by atoms with E-state index in [1.54, 1.807) is 18.3 Å². The molecule has 0 saturated heterocycles. The van der Waals surface area contributed by atoms with Gasteiger partial charge in [0.2, 0.25) is 0 Å². The van der Waals surface area contributed by atoms with Crippen LogP contribution in [0.1, 0.15) is 41.9 Å². The number of hydrogen-bond donors (Lipinski definition) is 1. The zero-order valence-corrected chi connectivity index (χ0v) is 17.9. The van der Waals surface area contributed by atoms with Gasteiger partial charge in [0.05, 0.1) is 22.3 Å². The van der Waals surface area contributed by atoms with Gasteiger partial charge >= 0.3 is 0 Å². The summed E-state index contributed by atoms with van der Waals surface area (Å²) in [5.74, 6) is -0.177. The number of nitriles is 1. The summed E-state index contributed by atoms with van der Waals surface area (Å²) in [6, 6.07) is 19.7. The minimum atomic E-state index is -0.177. The first kappa shape index (κ1) is 20.0. The van der Waals surface area contributed by atoms with Gasteiger partial charge in [0, 0.05) is 23.9 Å². The second kappa shape index (κ2) is 8.99. The first-order valence-corrected chi connectivity index (χ1v) is 11.0. The van der Waals surface area contributed by atoms with E-state index in [1.807, 2.05) is 37.3 Å². The average molecular weight is 431 g/mol. The van der Waals surface area contributed by atoms with Crippen LogP contribution in [0.25, 0.3) is 0 Å². The number of anilines is 1. The number of hydrogen-bond acceptors (Lipinski definition) is 6. The van der Waals surface area contributed by atoms with Crippen molar-refractivity contribution in [3.8, 4) is 6.07 Å². The SMILES string of the molecule is Cc1nc(Cc2ccccc2)sc1C(=O)Nc1ncc(Cc2ccc(C#N)cc2)s1. The fraction of sp³-hybridized carbons (Fsp3) is 0.130. The van der Waals surface area contributed by atoms with Crippen LogP contribution in [0, 0.1) is 18.3 Å². The summed E-state index contributed by atoms with van der Waals surface area (Å²) >= 11 is 2.87. The van der Waals surface area contributed by atoms with E-state index in [0.29, 0.717) is 28.4 Å². The van der Waals surface area contributed by atoms with Gasteiger partial charge in [-0.25, -0.2) is 9.97 Å². The van der Waals surface area contributed by atoms with Gasteiger partial charge in [0.15, 0.2) is 5.13 Å². The standard InChI is InChI=1S/C23H18N4OS2/c1-15-21(30-20(26-15)12-16-5-3-2-4-6-16)22(28)27-23-25-14-19(29-23)11-17-7-9-18(13-24)10-8-17/h2-10,14H,11-12H2,1H3,(H,25,27,28). The van der Waals surface area contributed by atoms with Crippen molar-refractivity contribution in [3.05, 3.63) is 97.9 Å². The predicted molar refractivity (Wildman–Crippen MR) is 120 cm³/mol. The van der Waals surface area contributed by atoms with Crippen molar-refractivity contribution < 1.29 is 4.79 Å². The van der Waals surface area contributed by atoms with E-state index in [9.17, 15) is 4.79 Å². The Morgan fingerprint density at radius 1 is 1.03 bits per heavy atom. The Bertz CT molecular complexity index is 1200. The van der Waals surface area contributed by atoms with E-state index in [-0.39, 0.29) is 5.91 Å². The average Bonchev–Trinajstić information content (AvgIpc) is 3.35. The maximum atomic E-state index is 12.7. The maximum absolute atomic E-state index is 12.7. The van der Waals surface area contributed by atoms with Crippen molar-refractivity contribution >= 4 is 33.7 Å². The fourth-order valence-corrected chi connectivity index (χ4v) is 4.84. The highest BCUT2D eigenvalue weighted by molar-refractivity contribution is 7.16. The summed E-state index contributed by atoms with van der Waals surface area (Å²) in [7, 11) is 0. The number of amides is 1. The molecule has 1 N–H and O–H groups in total. The highest BCUT2D eigenvalue weighted by Gasteiger charge is 2.17. The van der Waals surface area contributed by atoms with Crippen LogP contribution in [0.3, 0.4) is 0 Å². The van der Waals surface area contributed by atoms with Crippen LogP contribution in [0.4, 0.5) is 5.13 Å². The molecule has 148 valence electrons. The molecule has 5 nitrogen and oxygen atoms in total. The summed E-state index contributed by atoms with van der Waals surface area (Å²) in [5.41, 5.74) is 3.64. The van der Waals surface area contributed by atoms with Gasteiger partial charge in [0.1, 0.15) is 4.88 Å². The van der Waals surface area contributed by atoms with Gasteiger partial charge in [0.25, 0.3) is 5.91 Å². The molecule has 0 fully saturated rings. The molecule has 30 heavy (non-hydrogen) atoms. The Morgan fingerprint density at radius 3 is 2.50 bits per heavy atom. The quantitative estimate of drug-likeness (QED) is 0.455. The third kappa shape index (κ3) is 4.79. The zero-order valence-electron chi connectivity index (χ0n) is 16.3. The van der Waals surface area contributed by atoms with Crippen LogP contribution >= 0.6 is 22.7 Å². The number of nitrogens with zero attached hydrogens (tertiary/aromatic N) is 3. The third-order valence-electron chi connectivity index (χ3n) is 4.48. The number of carbonyl (C=O) groups excluding carboxylic acids is 1. The maximum Gasteiger partial charge on any atom is 0.269 e. The molecule has 0 radical (unpaired) electrons. The number of carbonyl (C=O) groups is 1. The molecule has 0 spiro atoms. The van der Waals surface area contributed by atoms with Gasteiger partial charge in [-0.15, -0.1) is 22.7 Å². The molecule has 4 rings (SSSR count). The van der Waals surface area contributed by atoms with Crippen molar-refractivity contribution in [2.75, 3.05) is 5.32 Å². The van der Waals surface area contributed by atoms with Crippen LogP contribution in [0.5, 0.6) is 0 Å². The first-order chi connectivity index (χ1) is 14.6. The minimum absolute atomic E-state index is 0.177. The summed E-state index contributed by atoms with van der Waals surface area (Å²) in [4.78, 5) is 23.3. The zero-order chi connectivity index (χ0) is 20.9. The lowest BCUT2D eigenvalue weighted by Gasteiger charge is -2.00. The number of thiazole rings is 2. The number of aromatic nitrogens is 2. The summed E-state index contributed by atoms with van der Waals surface area (Å²) in [6.45, 7) is 1.86. The summed E-state index contributed by atoms with van der Waals surface area (Å²) in [6.07, 6.45) is 3.20. The molecule has 2 aromatic carbocycles. The molecule has 7 heteroatoms. The van der Waals surface area contributed by atoms with Crippen molar-refractivity contribution in [2.45, 2.75) is 19.8 Å². The predicted octanol–water partition coefficient (Wildman–Crippen LogP) is 5.21. The Hall–Kier alpha value is -3.34. The molecule has 0 aliphatic heterocycles. The van der Waals surface area contributed by atoms with E-state index >= 15 is 0 Å². The van der Waals surface area contributed by atoms with Gasteiger partial charge in [-0.1, -0.05) is 42.5 Å². The normalized spacial score (nSPS) is 10.5. The van der Waals surface area contributed by atoms with Gasteiger partial charge in [-0.05, 0) is 30.2 Å². The van der Waals surface area contributed by atoms with Gasteiger partial charge in [-0.3, -0.25) is 10.1 Å². The van der Waals surface area contributed by atoms with Crippen LogP contribution in [-0.2, 0) is 12.8 Å². The molecule has 0 aliphatic carbocycles. The van der Waals surface area contributed by atoms with Crippen LogP contribution in [0.15, 0.2) is 60.8 Å². The summed E-state index contributed by atoms with van der Waals surface area (Å²) in [5, 5.41) is 13.3. The number of rotatable bonds is 6. The minimum Gasteiger partial charge on any atom is -0.297 e. The Morgan fingerprint density at radius 2 is 1.77 bits per heavy atom. The molecule has 2 aromatic heterocycles. The lowest BCUT2D eigenvalue weighted by atomic mass is 10.1. The van der Waals surface area contributed by atoms with Crippen LogP contribution < -0.4 is 5.32 Å². The van der Waals surface area contributed by atoms with Gasteiger partial charge < -0.3 is 0 Å². The third-order valence-corrected chi connectivity index (χ3v) is 6.55. The van der Waals surface area contributed by atoms with E-state index in [2.05, 4.69) is 33.5 Å². The number of aryl methyl sites for hydroxylation is 1. The smallest absolute Gasteiger partial charge is 0.269 e. The Kier molecular flexibility index (Phi) is 5.98. The monoisotopic (exact) mass is 430 g/mol. The largest absolute Gasteiger partial charge is 0.297 e. The van der Waals surface area contributed by atoms with E-state index in [0.717, 1.165) is 21.1 Å². The number of nitrogens with one attached hydrogen (secondary N) is 1. The second-order valence-corrected chi connectivity index (χ2v) is 8.95. The second-order valence-electron chi connectivity index (χ2n) is 6.76. The number of benzene rings is 2. The molecule has 0 atom stereocenters. The van der Waals surface area contributed by atoms with Crippen LogP contribution in [-0.4, -0.2) is 15.9 Å². The highest BCUT2D eigenvalue weighted by Crippen LogP contribution is 2.25. The van der Waals surface area contributed by atoms with Crippen molar-refractivity contribution in [3.63, 3.8) is 0 Å². The lowest BCUT2D eigenvalue weighted by molar-refractivity contribution is 0.103. The molecular formula is C23H18N4OS2.